The molecule has 140 valence electrons. The van der Waals surface area contributed by atoms with Gasteiger partial charge >= 0.3 is 5.97 Å². The molecule has 1 aromatic heterocycles. The predicted octanol–water partition coefficient (Wildman–Crippen LogP) is 3.80. The molecule has 3 aromatic rings. The summed E-state index contributed by atoms with van der Waals surface area (Å²) < 4.78 is 7.17. The van der Waals surface area contributed by atoms with Gasteiger partial charge in [-0.25, -0.2) is 9.48 Å². The number of esters is 1. The minimum atomic E-state index is -0.875. The van der Waals surface area contributed by atoms with Crippen molar-refractivity contribution in [3.8, 4) is 0 Å². The molecule has 0 aliphatic heterocycles. The SMILES string of the molecule is CCn1nnc2cc(C(=O)OC(C)C(=O)c3cc(C)c(C)cc3C)ccc21. The summed E-state index contributed by atoms with van der Waals surface area (Å²) in [5.74, 6) is -0.757. The number of nitrogens with zero attached hydrogens (tertiary/aromatic N) is 3. The molecule has 0 spiro atoms. The average molecular weight is 365 g/mol. The van der Waals surface area contributed by atoms with E-state index < -0.39 is 12.1 Å². The van der Waals surface area contributed by atoms with Gasteiger partial charge in [-0.05, 0) is 75.6 Å². The maximum absolute atomic E-state index is 12.7. The quantitative estimate of drug-likeness (QED) is 0.508. The summed E-state index contributed by atoms with van der Waals surface area (Å²) in [6.45, 7) is 10.1. The number of benzene rings is 2. The third kappa shape index (κ3) is 3.60. The first-order valence-corrected chi connectivity index (χ1v) is 8.98. The summed E-state index contributed by atoms with van der Waals surface area (Å²) in [5.41, 5.74) is 5.44. The lowest BCUT2D eigenvalue weighted by Gasteiger charge is -2.15. The van der Waals surface area contributed by atoms with Crippen molar-refractivity contribution in [1.82, 2.24) is 15.0 Å². The number of Topliss-reactive ketones (excluding diaryl/α,β-unsaturated/α-hetero) is 1. The van der Waals surface area contributed by atoms with Crippen LogP contribution in [-0.4, -0.2) is 32.9 Å². The second kappa shape index (κ2) is 7.31. The van der Waals surface area contributed by atoms with Crippen molar-refractivity contribution in [2.75, 3.05) is 0 Å². The predicted molar refractivity (Wildman–Crippen MR) is 103 cm³/mol. The smallest absolute Gasteiger partial charge is 0.338 e. The summed E-state index contributed by atoms with van der Waals surface area (Å²) in [4.78, 5) is 25.2. The Kier molecular flexibility index (Phi) is 5.08. The second-order valence-corrected chi connectivity index (χ2v) is 6.77. The van der Waals surface area contributed by atoms with Crippen LogP contribution in [0.5, 0.6) is 0 Å². The number of carbonyl (C=O) groups excluding carboxylic acids is 2. The standard InChI is InChI=1S/C21H23N3O3/c1-6-24-19-8-7-16(11-18(19)22-23-24)21(26)27-15(5)20(25)17-10-13(3)12(2)9-14(17)4/h7-11,15H,6H2,1-5H3. The van der Waals surface area contributed by atoms with Crippen LogP contribution in [0.4, 0.5) is 0 Å². The summed E-state index contributed by atoms with van der Waals surface area (Å²) in [6, 6.07) is 8.91. The maximum Gasteiger partial charge on any atom is 0.338 e. The van der Waals surface area contributed by atoms with Gasteiger partial charge in [-0.15, -0.1) is 5.10 Å². The monoisotopic (exact) mass is 365 g/mol. The summed E-state index contributed by atoms with van der Waals surface area (Å²) in [5, 5.41) is 8.09. The fourth-order valence-corrected chi connectivity index (χ4v) is 3.06. The van der Waals surface area contributed by atoms with Crippen molar-refractivity contribution in [2.24, 2.45) is 0 Å². The van der Waals surface area contributed by atoms with E-state index in [4.69, 9.17) is 4.74 Å². The van der Waals surface area contributed by atoms with Gasteiger partial charge in [0.1, 0.15) is 5.52 Å². The van der Waals surface area contributed by atoms with Gasteiger partial charge in [0, 0.05) is 12.1 Å². The van der Waals surface area contributed by atoms with Gasteiger partial charge in [-0.1, -0.05) is 11.3 Å². The molecule has 1 unspecified atom stereocenters. The first kappa shape index (κ1) is 18.8. The molecule has 0 saturated carbocycles. The van der Waals surface area contributed by atoms with E-state index in [9.17, 15) is 9.59 Å². The Bertz CT molecular complexity index is 1040. The molecule has 0 radical (unpaired) electrons. The number of ketones is 1. The molecule has 6 heteroatoms. The number of ether oxygens (including phenoxy) is 1. The second-order valence-electron chi connectivity index (χ2n) is 6.77. The lowest BCUT2D eigenvalue weighted by Crippen LogP contribution is -2.25. The maximum atomic E-state index is 12.7. The highest BCUT2D eigenvalue weighted by molar-refractivity contribution is 6.03. The van der Waals surface area contributed by atoms with Gasteiger partial charge in [0.25, 0.3) is 0 Å². The number of aromatic nitrogens is 3. The molecule has 0 N–H and O–H groups in total. The van der Waals surface area contributed by atoms with Crippen molar-refractivity contribution in [3.05, 3.63) is 58.1 Å². The van der Waals surface area contributed by atoms with Crippen molar-refractivity contribution < 1.29 is 14.3 Å². The van der Waals surface area contributed by atoms with Crippen LogP contribution >= 0.6 is 0 Å². The minimum absolute atomic E-state index is 0.207. The Balaban J connectivity index is 1.79. The van der Waals surface area contributed by atoms with E-state index in [-0.39, 0.29) is 5.78 Å². The van der Waals surface area contributed by atoms with Crippen molar-refractivity contribution >= 4 is 22.8 Å². The van der Waals surface area contributed by atoms with Crippen molar-refractivity contribution in [1.29, 1.82) is 0 Å². The number of hydrogen-bond acceptors (Lipinski definition) is 5. The van der Waals surface area contributed by atoms with Crippen LogP contribution in [0.2, 0.25) is 0 Å². The van der Waals surface area contributed by atoms with Crippen molar-refractivity contribution in [3.63, 3.8) is 0 Å². The third-order valence-electron chi connectivity index (χ3n) is 4.81. The fraction of sp³-hybridized carbons (Fsp3) is 0.333. The Hall–Kier alpha value is -3.02. The molecular formula is C21H23N3O3. The molecule has 0 aliphatic carbocycles. The molecule has 0 fully saturated rings. The molecular weight excluding hydrogens is 342 g/mol. The zero-order valence-electron chi connectivity index (χ0n) is 16.2. The fourth-order valence-electron chi connectivity index (χ4n) is 3.06. The van der Waals surface area contributed by atoms with E-state index in [1.807, 2.05) is 39.8 Å². The Morgan fingerprint density at radius 3 is 2.48 bits per heavy atom. The minimum Gasteiger partial charge on any atom is -0.451 e. The molecule has 0 aliphatic rings. The van der Waals surface area contributed by atoms with Crippen molar-refractivity contribution in [2.45, 2.75) is 47.3 Å². The molecule has 3 rings (SSSR count). The van der Waals surface area contributed by atoms with E-state index in [1.54, 1.807) is 29.8 Å². The zero-order chi connectivity index (χ0) is 19.7. The molecule has 6 nitrogen and oxygen atoms in total. The van der Waals surface area contributed by atoms with Gasteiger partial charge < -0.3 is 4.74 Å². The molecule has 2 aromatic carbocycles. The molecule has 0 amide bonds. The van der Waals surface area contributed by atoms with Gasteiger partial charge in [-0.2, -0.15) is 0 Å². The number of carbonyl (C=O) groups is 2. The van der Waals surface area contributed by atoms with Crippen LogP contribution in [-0.2, 0) is 11.3 Å². The first-order chi connectivity index (χ1) is 12.8. The van der Waals surface area contributed by atoms with Gasteiger partial charge in [0.2, 0.25) is 5.78 Å². The van der Waals surface area contributed by atoms with Crippen LogP contribution in [0.1, 0.15) is 51.3 Å². The average Bonchev–Trinajstić information content (AvgIpc) is 3.06. The topological polar surface area (TPSA) is 74.1 Å². The van der Waals surface area contributed by atoms with Crippen LogP contribution in [0.25, 0.3) is 11.0 Å². The molecule has 1 heterocycles. The van der Waals surface area contributed by atoms with Gasteiger partial charge in [-0.3, -0.25) is 4.79 Å². The summed E-state index contributed by atoms with van der Waals surface area (Å²) >= 11 is 0. The molecule has 1 atom stereocenters. The van der Waals surface area contributed by atoms with E-state index in [0.717, 1.165) is 22.2 Å². The van der Waals surface area contributed by atoms with E-state index in [0.29, 0.717) is 23.2 Å². The van der Waals surface area contributed by atoms with E-state index in [2.05, 4.69) is 10.3 Å². The Morgan fingerprint density at radius 2 is 1.78 bits per heavy atom. The molecule has 0 saturated heterocycles. The van der Waals surface area contributed by atoms with Gasteiger partial charge in [0.05, 0.1) is 11.1 Å². The summed E-state index contributed by atoms with van der Waals surface area (Å²) in [6.07, 6.45) is -0.875. The molecule has 0 bridgehead atoms. The number of hydrogen-bond donors (Lipinski definition) is 0. The first-order valence-electron chi connectivity index (χ1n) is 8.98. The van der Waals surface area contributed by atoms with Gasteiger partial charge in [0.15, 0.2) is 6.10 Å². The zero-order valence-corrected chi connectivity index (χ0v) is 16.2. The molecule has 27 heavy (non-hydrogen) atoms. The Morgan fingerprint density at radius 1 is 1.07 bits per heavy atom. The normalized spacial score (nSPS) is 12.2. The van der Waals surface area contributed by atoms with E-state index >= 15 is 0 Å². The number of rotatable bonds is 5. The third-order valence-corrected chi connectivity index (χ3v) is 4.81. The summed E-state index contributed by atoms with van der Waals surface area (Å²) in [7, 11) is 0. The van der Waals surface area contributed by atoms with Crippen LogP contribution < -0.4 is 0 Å². The van der Waals surface area contributed by atoms with Crippen LogP contribution in [0.15, 0.2) is 30.3 Å². The highest BCUT2D eigenvalue weighted by Gasteiger charge is 2.22. The van der Waals surface area contributed by atoms with E-state index in [1.165, 1.54) is 0 Å². The number of aryl methyl sites for hydroxylation is 4. The Labute approximate surface area is 158 Å². The highest BCUT2D eigenvalue weighted by Crippen LogP contribution is 2.19. The van der Waals surface area contributed by atoms with Crippen LogP contribution in [0.3, 0.4) is 0 Å². The number of fused-ring (bicyclic) bond motifs is 1. The largest absolute Gasteiger partial charge is 0.451 e. The van der Waals surface area contributed by atoms with Crippen LogP contribution in [0, 0.1) is 20.8 Å². The lowest BCUT2D eigenvalue weighted by molar-refractivity contribution is 0.0318. The highest BCUT2D eigenvalue weighted by atomic mass is 16.5. The lowest BCUT2D eigenvalue weighted by atomic mass is 9.96.